The number of para-hydroxylation sites is 2. The topological polar surface area (TPSA) is 68.9 Å². The van der Waals surface area contributed by atoms with Crippen LogP contribution in [0.2, 0.25) is 0 Å². The zero-order valence-corrected chi connectivity index (χ0v) is 17.0. The van der Waals surface area contributed by atoms with Crippen molar-refractivity contribution in [1.29, 1.82) is 0 Å². The molecular formula is C18H30IN3O2. The first kappa shape index (κ1) is 21.0. The number of rotatable bonds is 8. The van der Waals surface area contributed by atoms with E-state index in [1.54, 1.807) is 7.11 Å². The van der Waals surface area contributed by atoms with Crippen molar-refractivity contribution in [3.63, 3.8) is 0 Å². The van der Waals surface area contributed by atoms with Gasteiger partial charge >= 0.3 is 0 Å². The highest BCUT2D eigenvalue weighted by Gasteiger charge is 2.33. The number of hydrogen-bond acceptors (Lipinski definition) is 3. The highest BCUT2D eigenvalue weighted by atomic mass is 127. The Morgan fingerprint density at radius 2 is 2.00 bits per heavy atom. The van der Waals surface area contributed by atoms with Gasteiger partial charge in [0.05, 0.1) is 12.8 Å². The Morgan fingerprint density at radius 3 is 2.67 bits per heavy atom. The van der Waals surface area contributed by atoms with Gasteiger partial charge in [-0.3, -0.25) is 4.99 Å². The third-order valence-electron chi connectivity index (χ3n) is 4.60. The van der Waals surface area contributed by atoms with Crippen LogP contribution in [0.5, 0.6) is 5.75 Å². The molecule has 3 N–H and O–H groups in total. The number of nitrogens with zero attached hydrogens (tertiary/aromatic N) is 1. The maximum atomic E-state index is 6.07. The highest BCUT2D eigenvalue weighted by Crippen LogP contribution is 2.41. The molecule has 136 valence electrons. The summed E-state index contributed by atoms with van der Waals surface area (Å²) >= 11 is 0. The van der Waals surface area contributed by atoms with Gasteiger partial charge in [0.2, 0.25) is 0 Å². The molecule has 0 spiro atoms. The summed E-state index contributed by atoms with van der Waals surface area (Å²) in [6, 6.07) is 7.70. The fourth-order valence-corrected chi connectivity index (χ4v) is 3.22. The van der Waals surface area contributed by atoms with E-state index in [1.165, 1.54) is 25.7 Å². The minimum absolute atomic E-state index is 0. The predicted octanol–water partition coefficient (Wildman–Crippen LogP) is 4.03. The number of hydrogen-bond donors (Lipinski definition) is 2. The summed E-state index contributed by atoms with van der Waals surface area (Å²) < 4.78 is 10.9. The van der Waals surface area contributed by atoms with Crippen molar-refractivity contribution >= 4 is 35.6 Å². The van der Waals surface area contributed by atoms with E-state index in [4.69, 9.17) is 15.2 Å². The largest absolute Gasteiger partial charge is 0.495 e. The summed E-state index contributed by atoms with van der Waals surface area (Å²) in [7, 11) is 1.65. The Bertz CT molecular complexity index is 517. The van der Waals surface area contributed by atoms with E-state index >= 15 is 0 Å². The van der Waals surface area contributed by atoms with E-state index in [0.717, 1.165) is 37.6 Å². The lowest BCUT2D eigenvalue weighted by molar-refractivity contribution is 0.107. The molecule has 6 heteroatoms. The van der Waals surface area contributed by atoms with Crippen LogP contribution in [0.15, 0.2) is 29.3 Å². The Kier molecular flexibility index (Phi) is 9.43. The van der Waals surface area contributed by atoms with Crippen molar-refractivity contribution in [3.05, 3.63) is 24.3 Å². The molecule has 1 aliphatic rings. The molecule has 1 fully saturated rings. The fourth-order valence-electron chi connectivity index (χ4n) is 3.22. The minimum atomic E-state index is 0. The molecule has 5 nitrogen and oxygen atoms in total. The number of ether oxygens (including phenoxy) is 2. The van der Waals surface area contributed by atoms with Gasteiger partial charge in [0.15, 0.2) is 5.96 Å². The average molecular weight is 447 g/mol. The van der Waals surface area contributed by atoms with Crippen LogP contribution in [0.25, 0.3) is 0 Å². The minimum Gasteiger partial charge on any atom is -0.495 e. The van der Waals surface area contributed by atoms with E-state index in [-0.39, 0.29) is 29.4 Å². The number of nitrogens with one attached hydrogen (secondary N) is 1. The molecule has 0 unspecified atom stereocenters. The van der Waals surface area contributed by atoms with Gasteiger partial charge in [0.1, 0.15) is 5.75 Å². The van der Waals surface area contributed by atoms with Gasteiger partial charge in [0, 0.05) is 19.8 Å². The van der Waals surface area contributed by atoms with E-state index in [0.29, 0.717) is 5.96 Å². The van der Waals surface area contributed by atoms with E-state index in [9.17, 15) is 0 Å². The molecule has 0 saturated heterocycles. The van der Waals surface area contributed by atoms with Crippen molar-refractivity contribution in [2.75, 3.05) is 32.2 Å². The highest BCUT2D eigenvalue weighted by molar-refractivity contribution is 14.0. The lowest BCUT2D eigenvalue weighted by atomic mass is 9.83. The Balaban J connectivity index is 0.00000288. The molecule has 1 saturated carbocycles. The van der Waals surface area contributed by atoms with Crippen LogP contribution in [-0.2, 0) is 4.74 Å². The average Bonchev–Trinajstić information content (AvgIpc) is 3.03. The Labute approximate surface area is 162 Å². The normalized spacial score (nSPS) is 16.5. The molecule has 0 radical (unpaired) electrons. The van der Waals surface area contributed by atoms with Crippen molar-refractivity contribution in [1.82, 2.24) is 0 Å². The van der Waals surface area contributed by atoms with E-state index in [2.05, 4.69) is 10.3 Å². The second kappa shape index (κ2) is 10.8. The number of anilines is 1. The molecule has 0 bridgehead atoms. The summed E-state index contributed by atoms with van der Waals surface area (Å²) in [5.74, 6) is 1.20. The van der Waals surface area contributed by atoms with Gasteiger partial charge in [-0.05, 0) is 43.7 Å². The van der Waals surface area contributed by atoms with Crippen LogP contribution in [0.1, 0.15) is 39.0 Å². The number of aliphatic imine (C=N–C) groups is 1. The number of halogens is 1. The third-order valence-corrected chi connectivity index (χ3v) is 4.60. The molecule has 0 aliphatic heterocycles. The second-order valence-electron chi connectivity index (χ2n) is 6.18. The first-order valence-electron chi connectivity index (χ1n) is 8.47. The van der Waals surface area contributed by atoms with Gasteiger partial charge in [0.25, 0.3) is 0 Å². The standard InChI is InChI=1S/C18H29N3O2.HI/c1-3-23-13-12-18(10-6-7-11-18)14-20-17(19)21-15-8-4-5-9-16(15)22-2;/h4-5,8-9H,3,6-7,10-14H2,1-2H3,(H3,19,20,21);1H. The van der Waals surface area contributed by atoms with E-state index in [1.807, 2.05) is 31.2 Å². The first-order valence-corrected chi connectivity index (χ1v) is 8.47. The van der Waals surface area contributed by atoms with Crippen LogP contribution >= 0.6 is 24.0 Å². The smallest absolute Gasteiger partial charge is 0.193 e. The van der Waals surface area contributed by atoms with Gasteiger partial charge in [-0.2, -0.15) is 0 Å². The summed E-state index contributed by atoms with van der Waals surface area (Å²) in [4.78, 5) is 4.60. The van der Waals surface area contributed by atoms with Gasteiger partial charge in [-0.25, -0.2) is 0 Å². The van der Waals surface area contributed by atoms with Gasteiger partial charge < -0.3 is 20.5 Å². The van der Waals surface area contributed by atoms with Crippen LogP contribution in [-0.4, -0.2) is 32.8 Å². The number of methoxy groups -OCH3 is 1. The molecule has 0 atom stereocenters. The first-order chi connectivity index (χ1) is 11.2. The van der Waals surface area contributed by atoms with Crippen molar-refractivity contribution < 1.29 is 9.47 Å². The molecule has 0 heterocycles. The van der Waals surface area contributed by atoms with Crippen molar-refractivity contribution in [2.24, 2.45) is 16.1 Å². The predicted molar refractivity (Wildman–Crippen MR) is 111 cm³/mol. The lowest BCUT2D eigenvalue weighted by Crippen LogP contribution is -2.28. The Hall–Kier alpha value is -1.02. The molecule has 1 aromatic rings. The van der Waals surface area contributed by atoms with Crippen LogP contribution < -0.4 is 15.8 Å². The van der Waals surface area contributed by atoms with E-state index < -0.39 is 0 Å². The van der Waals surface area contributed by atoms with Crippen molar-refractivity contribution in [3.8, 4) is 5.75 Å². The quantitative estimate of drug-likeness (QED) is 0.273. The number of benzene rings is 1. The molecule has 0 amide bonds. The molecule has 0 aromatic heterocycles. The second-order valence-corrected chi connectivity index (χ2v) is 6.18. The van der Waals surface area contributed by atoms with Crippen LogP contribution in [0.3, 0.4) is 0 Å². The SMILES string of the molecule is CCOCCC1(CN=C(N)Nc2ccccc2OC)CCCC1.I. The monoisotopic (exact) mass is 447 g/mol. The fraction of sp³-hybridized carbons (Fsp3) is 0.611. The van der Waals surface area contributed by atoms with Crippen LogP contribution in [0, 0.1) is 5.41 Å². The number of nitrogens with two attached hydrogens (primary N) is 1. The zero-order chi connectivity index (χ0) is 16.5. The molecule has 1 aromatic carbocycles. The summed E-state index contributed by atoms with van der Waals surface area (Å²) in [6.07, 6.45) is 6.05. The summed E-state index contributed by atoms with van der Waals surface area (Å²) in [5, 5.41) is 3.14. The maximum absolute atomic E-state index is 6.07. The lowest BCUT2D eigenvalue weighted by Gasteiger charge is -2.27. The third kappa shape index (κ3) is 6.12. The Morgan fingerprint density at radius 1 is 1.29 bits per heavy atom. The van der Waals surface area contributed by atoms with Gasteiger partial charge in [-0.1, -0.05) is 25.0 Å². The van der Waals surface area contributed by atoms with Crippen molar-refractivity contribution in [2.45, 2.75) is 39.0 Å². The molecule has 2 rings (SSSR count). The summed E-state index contributed by atoms with van der Waals surface area (Å²) in [6.45, 7) is 4.38. The number of guanidine groups is 1. The maximum Gasteiger partial charge on any atom is 0.193 e. The molecule has 1 aliphatic carbocycles. The molecule has 24 heavy (non-hydrogen) atoms. The molecular weight excluding hydrogens is 417 g/mol. The summed E-state index contributed by atoms with van der Waals surface area (Å²) in [5.41, 5.74) is 7.16. The van der Waals surface area contributed by atoms with Gasteiger partial charge in [-0.15, -0.1) is 24.0 Å². The van der Waals surface area contributed by atoms with Crippen LogP contribution in [0.4, 0.5) is 5.69 Å². The zero-order valence-electron chi connectivity index (χ0n) is 14.7.